The first-order valence-corrected chi connectivity index (χ1v) is 21.7. The van der Waals surface area contributed by atoms with Crippen LogP contribution in [0.1, 0.15) is 47.2 Å². The molecule has 0 saturated carbocycles. The molecule has 0 fully saturated rings. The molecule has 0 atom stereocenters. The number of rotatable bonds is 6. The smallest absolute Gasteiger partial charge is 0.0714 e. The van der Waals surface area contributed by atoms with Gasteiger partial charge in [-0.15, -0.1) is 11.3 Å². The van der Waals surface area contributed by atoms with E-state index in [0.29, 0.717) is 0 Å². The fourth-order valence-electron chi connectivity index (χ4n) is 10.7. The zero-order valence-electron chi connectivity index (χ0n) is 33.6. The molecule has 60 heavy (non-hydrogen) atoms. The standard InChI is InChI=1S/C58H41NS/c1-57(2)49-29-12-9-24-44(49)45-35-34-42(37-52(45)57)59(41-23-15-18-38(36-41)43-27-16-28-47-46-25-11-14-33-54(46)60-56(43)47)53-32-17-31-51-55(53)48-26-10-13-30-50(48)58(51,39-19-5-3-6-20-39)40-21-7-4-8-22-40/h3-37H,1-2H3. The van der Waals surface area contributed by atoms with E-state index in [4.69, 9.17) is 0 Å². The van der Waals surface area contributed by atoms with E-state index in [0.717, 1.165) is 11.4 Å². The maximum atomic E-state index is 2.54. The van der Waals surface area contributed by atoms with Crippen molar-refractivity contribution in [2.24, 2.45) is 0 Å². The zero-order valence-corrected chi connectivity index (χ0v) is 34.4. The van der Waals surface area contributed by atoms with Crippen LogP contribution in [0.4, 0.5) is 17.1 Å². The van der Waals surface area contributed by atoms with Gasteiger partial charge < -0.3 is 4.90 Å². The quantitative estimate of drug-likeness (QED) is 0.162. The fourth-order valence-corrected chi connectivity index (χ4v) is 11.9. The number of hydrogen-bond donors (Lipinski definition) is 0. The zero-order chi connectivity index (χ0) is 40.0. The van der Waals surface area contributed by atoms with Crippen molar-refractivity contribution in [2.75, 3.05) is 4.90 Å². The molecule has 0 saturated heterocycles. The molecule has 2 aliphatic rings. The number of benzene rings is 9. The van der Waals surface area contributed by atoms with Crippen molar-refractivity contribution in [3.05, 3.63) is 246 Å². The van der Waals surface area contributed by atoms with Gasteiger partial charge in [0.05, 0.1) is 11.1 Å². The minimum atomic E-state index is -0.504. The summed E-state index contributed by atoms with van der Waals surface area (Å²) in [5, 5.41) is 2.63. The van der Waals surface area contributed by atoms with Crippen molar-refractivity contribution in [1.29, 1.82) is 0 Å². The van der Waals surface area contributed by atoms with Gasteiger partial charge in [0.2, 0.25) is 0 Å². The van der Waals surface area contributed by atoms with E-state index >= 15 is 0 Å². The summed E-state index contributed by atoms with van der Waals surface area (Å²) in [6.07, 6.45) is 0. The van der Waals surface area contributed by atoms with Gasteiger partial charge in [-0.05, 0) is 97.6 Å². The van der Waals surface area contributed by atoms with Crippen LogP contribution in [0, 0.1) is 0 Å². The maximum Gasteiger partial charge on any atom is 0.0714 e. The second-order valence-corrected chi connectivity index (χ2v) is 17.8. The van der Waals surface area contributed by atoms with E-state index < -0.39 is 5.41 Å². The molecule has 0 amide bonds. The summed E-state index contributed by atoms with van der Waals surface area (Å²) in [5.41, 5.74) is 18.3. The van der Waals surface area contributed by atoms with Gasteiger partial charge in [-0.1, -0.05) is 190 Å². The molecule has 1 nitrogen and oxygen atoms in total. The lowest BCUT2D eigenvalue weighted by molar-refractivity contribution is 0.660. The molecule has 1 heterocycles. The van der Waals surface area contributed by atoms with Crippen LogP contribution >= 0.6 is 11.3 Å². The molecule has 2 heteroatoms. The summed E-state index contributed by atoms with van der Waals surface area (Å²) in [5.74, 6) is 0. The molecule has 2 aliphatic carbocycles. The SMILES string of the molecule is CC1(C)c2ccccc2-c2ccc(N(c3cccc(-c4cccc5c4sc4ccccc45)c3)c3cccc4c3-c3ccccc3C4(c3ccccc3)c3ccccc3)cc21. The lowest BCUT2D eigenvalue weighted by atomic mass is 9.68. The highest BCUT2D eigenvalue weighted by atomic mass is 32.1. The third kappa shape index (κ3) is 4.92. The Bertz CT molecular complexity index is 3260. The average Bonchev–Trinajstić information content (AvgIpc) is 3.92. The monoisotopic (exact) mass is 783 g/mol. The Kier molecular flexibility index (Phi) is 7.73. The highest BCUT2D eigenvalue weighted by molar-refractivity contribution is 7.26. The third-order valence-electron chi connectivity index (χ3n) is 13.3. The summed E-state index contributed by atoms with van der Waals surface area (Å²) in [4.78, 5) is 2.54. The number of nitrogens with zero attached hydrogens (tertiary/aromatic N) is 1. The highest BCUT2D eigenvalue weighted by Crippen LogP contribution is 2.60. The van der Waals surface area contributed by atoms with Gasteiger partial charge in [0.1, 0.15) is 0 Å². The molecule has 10 aromatic rings. The molecule has 1 aromatic heterocycles. The average molecular weight is 784 g/mol. The van der Waals surface area contributed by atoms with Gasteiger partial charge >= 0.3 is 0 Å². The number of thiophene rings is 1. The number of anilines is 3. The molecule has 0 bridgehead atoms. The molecule has 12 rings (SSSR count). The Morgan fingerprint density at radius 2 is 0.983 bits per heavy atom. The first-order chi connectivity index (χ1) is 29.5. The van der Waals surface area contributed by atoms with E-state index in [9.17, 15) is 0 Å². The number of fused-ring (bicyclic) bond motifs is 9. The summed E-state index contributed by atoms with van der Waals surface area (Å²) >= 11 is 1.89. The van der Waals surface area contributed by atoms with Gasteiger partial charge in [-0.25, -0.2) is 0 Å². The third-order valence-corrected chi connectivity index (χ3v) is 14.6. The molecular formula is C58H41NS. The molecular weight excluding hydrogens is 743 g/mol. The first-order valence-electron chi connectivity index (χ1n) is 20.9. The van der Waals surface area contributed by atoms with E-state index in [1.54, 1.807) is 0 Å². The van der Waals surface area contributed by atoms with Gasteiger partial charge in [0.15, 0.2) is 0 Å². The van der Waals surface area contributed by atoms with Crippen LogP contribution in [0.3, 0.4) is 0 Å². The Hall–Kier alpha value is -7.00. The van der Waals surface area contributed by atoms with E-state index in [1.165, 1.54) is 92.6 Å². The minimum absolute atomic E-state index is 0.146. The Balaban J connectivity index is 1.14. The second-order valence-electron chi connectivity index (χ2n) is 16.8. The van der Waals surface area contributed by atoms with Gasteiger partial charge in [-0.3, -0.25) is 0 Å². The normalized spacial score (nSPS) is 14.1. The summed E-state index contributed by atoms with van der Waals surface area (Å²) in [6.45, 7) is 4.76. The van der Waals surface area contributed by atoms with E-state index in [-0.39, 0.29) is 5.41 Å². The molecule has 0 radical (unpaired) electrons. The molecule has 0 spiro atoms. The Labute approximate surface area is 355 Å². The Morgan fingerprint density at radius 3 is 1.78 bits per heavy atom. The van der Waals surface area contributed by atoms with Crippen molar-refractivity contribution in [2.45, 2.75) is 24.7 Å². The van der Waals surface area contributed by atoms with Gasteiger partial charge in [0.25, 0.3) is 0 Å². The van der Waals surface area contributed by atoms with Crippen LogP contribution in [0.25, 0.3) is 53.6 Å². The van der Waals surface area contributed by atoms with Crippen molar-refractivity contribution in [3.8, 4) is 33.4 Å². The van der Waals surface area contributed by atoms with Crippen LogP contribution in [-0.2, 0) is 10.8 Å². The molecule has 0 N–H and O–H groups in total. The van der Waals surface area contributed by atoms with Crippen molar-refractivity contribution in [1.82, 2.24) is 0 Å². The van der Waals surface area contributed by atoms with E-state index in [2.05, 4.69) is 231 Å². The summed E-state index contributed by atoms with van der Waals surface area (Å²) in [7, 11) is 0. The number of hydrogen-bond acceptors (Lipinski definition) is 2. The molecule has 284 valence electrons. The van der Waals surface area contributed by atoms with Crippen LogP contribution in [-0.4, -0.2) is 0 Å². The predicted molar refractivity (Wildman–Crippen MR) is 254 cm³/mol. The lowest BCUT2D eigenvalue weighted by Crippen LogP contribution is -2.28. The molecule has 9 aromatic carbocycles. The van der Waals surface area contributed by atoms with Crippen LogP contribution in [0.2, 0.25) is 0 Å². The molecule has 0 aliphatic heterocycles. The predicted octanol–water partition coefficient (Wildman–Crippen LogP) is 15.9. The van der Waals surface area contributed by atoms with Crippen LogP contribution in [0.5, 0.6) is 0 Å². The summed E-state index contributed by atoms with van der Waals surface area (Å²) in [6, 6.07) is 79.2. The van der Waals surface area contributed by atoms with Crippen LogP contribution < -0.4 is 4.90 Å². The summed E-state index contributed by atoms with van der Waals surface area (Å²) < 4.78 is 2.64. The largest absolute Gasteiger partial charge is 0.310 e. The lowest BCUT2D eigenvalue weighted by Gasteiger charge is -2.34. The minimum Gasteiger partial charge on any atom is -0.310 e. The van der Waals surface area contributed by atoms with Crippen molar-refractivity contribution < 1.29 is 0 Å². The fraction of sp³-hybridized carbons (Fsp3) is 0.0690. The maximum absolute atomic E-state index is 2.54. The van der Waals surface area contributed by atoms with Crippen molar-refractivity contribution >= 4 is 48.6 Å². The highest BCUT2D eigenvalue weighted by Gasteiger charge is 2.47. The van der Waals surface area contributed by atoms with Crippen LogP contribution in [0.15, 0.2) is 212 Å². The molecule has 0 unspecified atom stereocenters. The van der Waals surface area contributed by atoms with Crippen molar-refractivity contribution in [3.63, 3.8) is 0 Å². The van der Waals surface area contributed by atoms with Gasteiger partial charge in [0, 0.05) is 42.5 Å². The topological polar surface area (TPSA) is 3.24 Å². The second kappa shape index (κ2) is 13.3. The first kappa shape index (κ1) is 35.0. The van der Waals surface area contributed by atoms with Gasteiger partial charge in [-0.2, -0.15) is 0 Å². The van der Waals surface area contributed by atoms with E-state index in [1.807, 2.05) is 11.3 Å². The Morgan fingerprint density at radius 1 is 0.400 bits per heavy atom.